The molecule has 0 radical (unpaired) electrons. The average molecular weight is 361 g/mol. The first-order valence-electron chi connectivity index (χ1n) is 9.16. The molecule has 1 saturated carbocycles. The van der Waals surface area contributed by atoms with E-state index in [1.54, 1.807) is 30.3 Å². The van der Waals surface area contributed by atoms with E-state index >= 15 is 0 Å². The highest BCUT2D eigenvalue weighted by Gasteiger charge is 2.20. The number of carbonyl (C=O) groups is 2. The van der Waals surface area contributed by atoms with E-state index < -0.39 is 0 Å². The quantitative estimate of drug-likeness (QED) is 0.691. The molecule has 0 aromatic heterocycles. The van der Waals surface area contributed by atoms with Crippen LogP contribution in [-0.4, -0.2) is 24.4 Å². The van der Waals surface area contributed by atoms with Crippen molar-refractivity contribution < 1.29 is 9.59 Å². The predicted octanol–water partition coefficient (Wildman–Crippen LogP) is 3.39. The minimum Gasteiger partial charge on any atom is -0.376 e. The number of para-hydroxylation sites is 1. The number of rotatable bonds is 6. The monoisotopic (exact) mass is 361 g/mol. The maximum atomic E-state index is 12.6. The maximum Gasteiger partial charge on any atom is 0.253 e. The topological polar surface area (TPSA) is 70.2 Å². The summed E-state index contributed by atoms with van der Waals surface area (Å²) in [4.78, 5) is 24.9. The highest BCUT2D eigenvalue weighted by molar-refractivity contribution is 6.04. The van der Waals surface area contributed by atoms with Crippen molar-refractivity contribution in [2.45, 2.75) is 31.7 Å². The Labute approximate surface area is 159 Å². The molecule has 3 rings (SSSR count). The van der Waals surface area contributed by atoms with E-state index in [1.807, 2.05) is 18.2 Å². The lowest BCUT2D eigenvalue weighted by Gasteiger charge is -2.15. The van der Waals surface area contributed by atoms with Gasteiger partial charge in [-0.1, -0.05) is 37.0 Å². The molecule has 1 aliphatic carbocycles. The molecule has 0 unspecified atom stereocenters. The van der Waals surface area contributed by atoms with Gasteiger partial charge in [0.15, 0.2) is 0 Å². The third-order valence-electron chi connectivity index (χ3n) is 4.62. The van der Waals surface area contributed by atoms with Gasteiger partial charge in [0.2, 0.25) is 5.91 Å². The molecule has 3 N–H and O–H groups in total. The molecule has 2 aromatic carbocycles. The molecule has 0 atom stereocenters. The van der Waals surface area contributed by atoms with E-state index in [1.165, 1.54) is 0 Å². The van der Waals surface area contributed by atoms with Crippen molar-refractivity contribution in [3.8, 4) is 12.3 Å². The molecule has 0 saturated heterocycles. The summed E-state index contributed by atoms with van der Waals surface area (Å²) in [6.07, 6.45) is 9.71. The summed E-state index contributed by atoms with van der Waals surface area (Å²) < 4.78 is 0. The summed E-state index contributed by atoms with van der Waals surface area (Å²) >= 11 is 0. The number of nitrogens with one attached hydrogen (secondary N) is 3. The fourth-order valence-electron chi connectivity index (χ4n) is 3.22. The van der Waals surface area contributed by atoms with Gasteiger partial charge in [0.05, 0.1) is 17.8 Å². The lowest BCUT2D eigenvalue weighted by molar-refractivity contribution is -0.114. The first-order chi connectivity index (χ1) is 13.2. The van der Waals surface area contributed by atoms with Gasteiger partial charge in [-0.2, -0.15) is 0 Å². The van der Waals surface area contributed by atoms with Gasteiger partial charge >= 0.3 is 0 Å². The Morgan fingerprint density at radius 1 is 1.07 bits per heavy atom. The third kappa shape index (κ3) is 5.11. The molecule has 0 spiro atoms. The summed E-state index contributed by atoms with van der Waals surface area (Å²) in [5.41, 5.74) is 2.51. The van der Waals surface area contributed by atoms with Crippen molar-refractivity contribution in [3.63, 3.8) is 0 Å². The minimum atomic E-state index is -0.234. The van der Waals surface area contributed by atoms with Crippen molar-refractivity contribution in [1.82, 2.24) is 5.32 Å². The Hall–Kier alpha value is -3.26. The Kier molecular flexibility index (Phi) is 6.11. The number of carbonyl (C=O) groups excluding carboxylic acids is 2. The zero-order chi connectivity index (χ0) is 19.1. The number of hydrogen-bond acceptors (Lipinski definition) is 3. The highest BCUT2D eigenvalue weighted by Crippen LogP contribution is 2.20. The standard InChI is InChI=1S/C22H23N3O2/c1-2-16-8-7-11-18(14-16)23-15-21(26)25-20-13-6-5-12-19(20)22(27)24-17-9-3-4-10-17/h1,5-8,11-14,17,23H,3-4,9-10,15H2,(H,24,27)(H,25,26). The van der Waals surface area contributed by atoms with E-state index in [9.17, 15) is 9.59 Å². The van der Waals surface area contributed by atoms with Crippen molar-refractivity contribution >= 4 is 23.2 Å². The Morgan fingerprint density at radius 3 is 2.63 bits per heavy atom. The van der Waals surface area contributed by atoms with Crippen LogP contribution in [0.1, 0.15) is 41.6 Å². The van der Waals surface area contributed by atoms with Crippen LogP contribution in [0.15, 0.2) is 48.5 Å². The molecule has 0 bridgehead atoms. The predicted molar refractivity (Wildman–Crippen MR) is 108 cm³/mol. The van der Waals surface area contributed by atoms with E-state index in [4.69, 9.17) is 6.42 Å². The number of anilines is 2. The second-order valence-electron chi connectivity index (χ2n) is 6.63. The van der Waals surface area contributed by atoms with Crippen molar-refractivity contribution in [2.24, 2.45) is 0 Å². The molecule has 5 nitrogen and oxygen atoms in total. The molecular weight excluding hydrogens is 338 g/mol. The molecule has 138 valence electrons. The third-order valence-corrected chi connectivity index (χ3v) is 4.62. The average Bonchev–Trinajstić information content (AvgIpc) is 3.20. The second kappa shape index (κ2) is 8.91. The molecule has 0 heterocycles. The number of benzene rings is 2. The molecule has 2 amide bonds. The SMILES string of the molecule is C#Cc1cccc(NCC(=O)Nc2ccccc2C(=O)NC2CCCC2)c1. The second-order valence-corrected chi connectivity index (χ2v) is 6.63. The normalized spacial score (nSPS) is 13.6. The summed E-state index contributed by atoms with van der Waals surface area (Å²) in [6, 6.07) is 14.6. The van der Waals surface area contributed by atoms with Crippen LogP contribution in [0.3, 0.4) is 0 Å². The summed E-state index contributed by atoms with van der Waals surface area (Å²) in [7, 11) is 0. The van der Waals surface area contributed by atoms with Gasteiger partial charge in [-0.15, -0.1) is 6.42 Å². The molecule has 1 fully saturated rings. The number of hydrogen-bond donors (Lipinski definition) is 3. The summed E-state index contributed by atoms with van der Waals surface area (Å²) in [6.45, 7) is 0.0760. The van der Waals surface area contributed by atoms with Gasteiger partial charge in [-0.05, 0) is 43.2 Å². The smallest absolute Gasteiger partial charge is 0.253 e. The van der Waals surface area contributed by atoms with Gasteiger partial charge in [0.25, 0.3) is 5.91 Å². The van der Waals surface area contributed by atoms with Crippen LogP contribution in [0.5, 0.6) is 0 Å². The lowest BCUT2D eigenvalue weighted by Crippen LogP contribution is -2.33. The molecule has 2 aromatic rings. The summed E-state index contributed by atoms with van der Waals surface area (Å²) in [5, 5.41) is 8.91. The van der Waals surface area contributed by atoms with Crippen molar-refractivity contribution in [2.75, 3.05) is 17.2 Å². The van der Waals surface area contributed by atoms with Gasteiger partial charge in [-0.3, -0.25) is 9.59 Å². The van der Waals surface area contributed by atoms with Gasteiger partial charge in [0.1, 0.15) is 0 Å². The van der Waals surface area contributed by atoms with Crippen LogP contribution in [0, 0.1) is 12.3 Å². The fraction of sp³-hybridized carbons (Fsp3) is 0.273. The van der Waals surface area contributed by atoms with Crippen LogP contribution in [0.25, 0.3) is 0 Å². The van der Waals surface area contributed by atoms with Gasteiger partial charge < -0.3 is 16.0 Å². The van der Waals surface area contributed by atoms with E-state index in [0.717, 1.165) is 36.9 Å². The molecule has 1 aliphatic rings. The zero-order valence-corrected chi connectivity index (χ0v) is 15.1. The molecule has 0 aliphatic heterocycles. The van der Waals surface area contributed by atoms with Gasteiger partial charge in [-0.25, -0.2) is 0 Å². The van der Waals surface area contributed by atoms with E-state index in [2.05, 4.69) is 21.9 Å². The lowest BCUT2D eigenvalue weighted by atomic mass is 10.1. The number of terminal acetylenes is 1. The van der Waals surface area contributed by atoms with Gasteiger partial charge in [0, 0.05) is 17.3 Å². The number of amides is 2. The van der Waals surface area contributed by atoms with Crippen LogP contribution < -0.4 is 16.0 Å². The minimum absolute atomic E-state index is 0.0760. The largest absolute Gasteiger partial charge is 0.376 e. The summed E-state index contributed by atoms with van der Waals surface area (Å²) in [5.74, 6) is 2.18. The van der Waals surface area contributed by atoms with Crippen LogP contribution in [0.4, 0.5) is 11.4 Å². The first-order valence-corrected chi connectivity index (χ1v) is 9.16. The molecule has 5 heteroatoms. The van der Waals surface area contributed by atoms with Crippen LogP contribution in [-0.2, 0) is 4.79 Å². The maximum absolute atomic E-state index is 12.6. The van der Waals surface area contributed by atoms with E-state index in [0.29, 0.717) is 11.3 Å². The Balaban J connectivity index is 1.60. The van der Waals surface area contributed by atoms with Crippen molar-refractivity contribution in [1.29, 1.82) is 0 Å². The molecule has 27 heavy (non-hydrogen) atoms. The van der Waals surface area contributed by atoms with Crippen LogP contribution in [0.2, 0.25) is 0 Å². The Morgan fingerprint density at radius 2 is 1.85 bits per heavy atom. The molecular formula is C22H23N3O2. The fourth-order valence-corrected chi connectivity index (χ4v) is 3.22. The Bertz CT molecular complexity index is 864. The first kappa shape index (κ1) is 18.5. The highest BCUT2D eigenvalue weighted by atomic mass is 16.2. The zero-order valence-electron chi connectivity index (χ0n) is 15.1. The van der Waals surface area contributed by atoms with E-state index in [-0.39, 0.29) is 24.4 Å². The van der Waals surface area contributed by atoms with Crippen LogP contribution >= 0.6 is 0 Å². The van der Waals surface area contributed by atoms with Crippen molar-refractivity contribution in [3.05, 3.63) is 59.7 Å².